The number of methoxy groups -OCH3 is 2. The highest BCUT2D eigenvalue weighted by atomic mass is 16.5. The molecule has 3 heterocycles. The molecule has 0 saturated carbocycles. The lowest BCUT2D eigenvalue weighted by molar-refractivity contribution is -0.122. The zero-order valence-corrected chi connectivity index (χ0v) is 23.1. The molecule has 7 heteroatoms. The largest absolute Gasteiger partial charge is 0.497 e. The van der Waals surface area contributed by atoms with Crippen molar-refractivity contribution >= 4 is 29.2 Å². The van der Waals surface area contributed by atoms with Crippen LogP contribution in [0.1, 0.15) is 43.4 Å². The number of para-hydroxylation sites is 1. The summed E-state index contributed by atoms with van der Waals surface area (Å²) < 4.78 is 11.0. The van der Waals surface area contributed by atoms with E-state index in [-0.39, 0.29) is 23.0 Å². The van der Waals surface area contributed by atoms with E-state index < -0.39 is 23.4 Å². The van der Waals surface area contributed by atoms with Gasteiger partial charge in [0.2, 0.25) is 5.91 Å². The summed E-state index contributed by atoms with van der Waals surface area (Å²) in [7, 11) is 3.03. The summed E-state index contributed by atoms with van der Waals surface area (Å²) in [5, 5.41) is 3.07. The molecule has 1 saturated heterocycles. The molecule has 42 heavy (non-hydrogen) atoms. The van der Waals surface area contributed by atoms with Gasteiger partial charge in [0, 0.05) is 23.5 Å². The van der Waals surface area contributed by atoms with E-state index in [0.717, 1.165) is 11.1 Å². The van der Waals surface area contributed by atoms with Crippen LogP contribution in [0, 0.1) is 5.92 Å². The van der Waals surface area contributed by atoms with E-state index in [2.05, 4.69) is 5.32 Å². The van der Waals surface area contributed by atoms with Crippen molar-refractivity contribution in [1.82, 2.24) is 4.90 Å². The molecular formula is C35H28N2O5. The molecular weight excluding hydrogens is 528 g/mol. The summed E-state index contributed by atoms with van der Waals surface area (Å²) >= 11 is 0. The van der Waals surface area contributed by atoms with Gasteiger partial charge in [0.15, 0.2) is 11.6 Å². The Balaban J connectivity index is 1.54. The van der Waals surface area contributed by atoms with Crippen LogP contribution in [0.15, 0.2) is 103 Å². The zero-order valence-electron chi connectivity index (χ0n) is 23.1. The quantitative estimate of drug-likeness (QED) is 0.308. The molecule has 1 spiro atoms. The van der Waals surface area contributed by atoms with Gasteiger partial charge in [-0.1, -0.05) is 72.8 Å². The van der Waals surface area contributed by atoms with Crippen molar-refractivity contribution in [2.75, 3.05) is 19.5 Å². The molecule has 7 rings (SSSR count). The molecule has 4 aromatic rings. The fourth-order valence-corrected chi connectivity index (χ4v) is 7.11. The molecule has 208 valence electrons. The Bertz CT molecular complexity index is 1780. The minimum atomic E-state index is -1.41. The maximum atomic E-state index is 15.0. The molecule has 4 atom stereocenters. The number of ether oxygens (including phenoxy) is 2. The normalized spacial score (nSPS) is 23.1. The van der Waals surface area contributed by atoms with E-state index in [1.54, 1.807) is 49.6 Å². The van der Waals surface area contributed by atoms with Crippen molar-refractivity contribution < 1.29 is 23.9 Å². The number of nitrogens with zero attached hydrogens (tertiary/aromatic N) is 1. The summed E-state index contributed by atoms with van der Waals surface area (Å²) in [6.45, 7) is 0. The van der Waals surface area contributed by atoms with Gasteiger partial charge in [-0.05, 0) is 41.0 Å². The predicted molar refractivity (Wildman–Crippen MR) is 159 cm³/mol. The van der Waals surface area contributed by atoms with Crippen LogP contribution < -0.4 is 14.8 Å². The van der Waals surface area contributed by atoms with E-state index in [1.807, 2.05) is 71.8 Å². The average molecular weight is 557 g/mol. The standard InChI is InChI=1S/C35H28N2O5/c1-41-23-16-17-25(28(20-23)42-2)32(39)29-30(31(38)22-11-4-3-5-12-22)37-19-18-21-10-6-7-13-24(21)33(37)35(29)26-14-8-9-15-27(26)36-34(35)40/h3-20,29-30,33H,1-2H3,(H,36,40)/t29-,30+,33-,35-/m0/s1. The number of carbonyl (C=O) groups is 3. The second-order valence-electron chi connectivity index (χ2n) is 10.7. The van der Waals surface area contributed by atoms with Crippen molar-refractivity contribution in [2.24, 2.45) is 5.92 Å². The first-order valence-electron chi connectivity index (χ1n) is 13.8. The van der Waals surface area contributed by atoms with Crippen molar-refractivity contribution in [1.29, 1.82) is 0 Å². The van der Waals surface area contributed by atoms with E-state index in [0.29, 0.717) is 28.3 Å². The number of amides is 1. The smallest absolute Gasteiger partial charge is 0.238 e. The first kappa shape index (κ1) is 25.8. The molecule has 0 aromatic heterocycles. The number of carbonyl (C=O) groups excluding carboxylic acids is 3. The molecule has 0 bridgehead atoms. The third kappa shape index (κ3) is 3.49. The maximum absolute atomic E-state index is 15.0. The summed E-state index contributed by atoms with van der Waals surface area (Å²) in [4.78, 5) is 46.1. The highest BCUT2D eigenvalue weighted by Crippen LogP contribution is 2.62. The summed E-state index contributed by atoms with van der Waals surface area (Å²) in [5.74, 6) is -1.14. The Labute approximate surface area is 243 Å². The lowest BCUT2D eigenvalue weighted by Crippen LogP contribution is -2.49. The van der Waals surface area contributed by atoms with Gasteiger partial charge < -0.3 is 19.7 Å². The fourth-order valence-electron chi connectivity index (χ4n) is 7.11. The van der Waals surface area contributed by atoms with Crippen molar-refractivity contribution in [3.63, 3.8) is 0 Å². The van der Waals surface area contributed by atoms with Gasteiger partial charge in [0.25, 0.3) is 0 Å². The van der Waals surface area contributed by atoms with Crippen molar-refractivity contribution in [3.05, 3.63) is 131 Å². The number of Topliss-reactive ketones (excluding diaryl/α,β-unsaturated/α-hetero) is 2. The molecule has 4 aromatic carbocycles. The first-order valence-corrected chi connectivity index (χ1v) is 13.8. The molecule has 1 fully saturated rings. The van der Waals surface area contributed by atoms with Gasteiger partial charge in [-0.3, -0.25) is 14.4 Å². The highest BCUT2D eigenvalue weighted by Gasteiger charge is 2.70. The number of ketones is 2. The lowest BCUT2D eigenvalue weighted by Gasteiger charge is -2.38. The van der Waals surface area contributed by atoms with Crippen molar-refractivity contribution in [2.45, 2.75) is 17.5 Å². The maximum Gasteiger partial charge on any atom is 0.238 e. The monoisotopic (exact) mass is 556 g/mol. The number of rotatable bonds is 6. The zero-order chi connectivity index (χ0) is 29.0. The van der Waals surface area contributed by atoms with Crippen LogP contribution in [0.5, 0.6) is 11.5 Å². The van der Waals surface area contributed by atoms with Gasteiger partial charge in [0.1, 0.15) is 23.0 Å². The van der Waals surface area contributed by atoms with Gasteiger partial charge in [0.05, 0.1) is 31.7 Å². The summed E-state index contributed by atoms with van der Waals surface area (Å²) in [6, 6.07) is 27.7. The van der Waals surface area contributed by atoms with Gasteiger partial charge in [-0.25, -0.2) is 0 Å². The van der Waals surface area contributed by atoms with Crippen LogP contribution >= 0.6 is 0 Å². The van der Waals surface area contributed by atoms with E-state index in [9.17, 15) is 9.59 Å². The van der Waals surface area contributed by atoms with Crippen LogP contribution in [0.25, 0.3) is 6.08 Å². The molecule has 0 radical (unpaired) electrons. The third-order valence-electron chi connectivity index (χ3n) is 8.85. The van der Waals surface area contributed by atoms with E-state index in [1.165, 1.54) is 7.11 Å². The second-order valence-corrected chi connectivity index (χ2v) is 10.7. The molecule has 0 aliphatic carbocycles. The van der Waals surface area contributed by atoms with Gasteiger partial charge in [-0.2, -0.15) is 0 Å². The molecule has 7 nitrogen and oxygen atoms in total. The van der Waals surface area contributed by atoms with Gasteiger partial charge >= 0.3 is 0 Å². The van der Waals surface area contributed by atoms with E-state index >= 15 is 4.79 Å². The second kappa shape index (κ2) is 9.73. The molecule has 1 N–H and O–H groups in total. The van der Waals surface area contributed by atoms with Crippen LogP contribution in [-0.4, -0.2) is 42.6 Å². The lowest BCUT2D eigenvalue weighted by atomic mass is 9.62. The SMILES string of the molecule is COc1ccc(C(=O)[C@@H]2[C@H](C(=O)c3ccccc3)N3C=Cc4ccccc4[C@H]3[C@@]23C(=O)Nc2ccccc23)c(OC)c1. The number of nitrogens with one attached hydrogen (secondary N) is 1. The number of fused-ring (bicyclic) bond motifs is 6. The van der Waals surface area contributed by atoms with Crippen LogP contribution in [0.3, 0.4) is 0 Å². The number of hydrogen-bond acceptors (Lipinski definition) is 6. The fraction of sp³-hybridized carbons (Fsp3) is 0.171. The van der Waals surface area contributed by atoms with Crippen LogP contribution in [-0.2, 0) is 10.2 Å². The molecule has 3 aliphatic rings. The Morgan fingerprint density at radius 2 is 1.57 bits per heavy atom. The number of benzene rings is 4. The third-order valence-corrected chi connectivity index (χ3v) is 8.85. The molecule has 0 unspecified atom stereocenters. The van der Waals surface area contributed by atoms with Crippen molar-refractivity contribution in [3.8, 4) is 11.5 Å². The summed E-state index contributed by atoms with van der Waals surface area (Å²) in [5.41, 5.74) is 2.51. The van der Waals surface area contributed by atoms with E-state index in [4.69, 9.17) is 9.47 Å². The Morgan fingerprint density at radius 3 is 2.36 bits per heavy atom. The van der Waals surface area contributed by atoms with Crippen LogP contribution in [0.2, 0.25) is 0 Å². The number of hydrogen-bond donors (Lipinski definition) is 1. The predicted octanol–water partition coefficient (Wildman–Crippen LogP) is 5.69. The van der Waals surface area contributed by atoms with Gasteiger partial charge in [-0.15, -0.1) is 0 Å². The minimum absolute atomic E-state index is 0.232. The Hall–Kier alpha value is -5.17. The number of anilines is 1. The molecule has 1 amide bonds. The molecule has 3 aliphatic heterocycles. The first-order chi connectivity index (χ1) is 20.5. The minimum Gasteiger partial charge on any atom is -0.497 e. The van der Waals surface area contributed by atoms with Crippen LogP contribution in [0.4, 0.5) is 5.69 Å². The highest BCUT2D eigenvalue weighted by molar-refractivity contribution is 6.17. The topological polar surface area (TPSA) is 84.9 Å². The average Bonchev–Trinajstić information content (AvgIpc) is 3.52. The Morgan fingerprint density at radius 1 is 0.833 bits per heavy atom. The summed E-state index contributed by atoms with van der Waals surface area (Å²) in [6.07, 6.45) is 3.82. The Kier molecular flexibility index (Phi) is 5.97.